The number of alkyl halides is 2. The summed E-state index contributed by atoms with van der Waals surface area (Å²) in [6, 6.07) is 10.7. The fraction of sp³-hybridized carbons (Fsp3) is 0.455. The SMILES string of the molecule is BrC1CCCC1(Br)c1ccccc1. The Morgan fingerprint density at radius 1 is 1.23 bits per heavy atom. The molecule has 0 saturated heterocycles. The molecule has 0 heterocycles. The minimum atomic E-state index is 0.175. The molecule has 0 radical (unpaired) electrons. The van der Waals surface area contributed by atoms with E-state index in [-0.39, 0.29) is 4.32 Å². The third-order valence-electron chi connectivity index (χ3n) is 2.75. The van der Waals surface area contributed by atoms with E-state index >= 15 is 0 Å². The van der Waals surface area contributed by atoms with Crippen molar-refractivity contribution < 1.29 is 0 Å². The second-order valence-corrected chi connectivity index (χ2v) is 6.11. The quantitative estimate of drug-likeness (QED) is 0.681. The molecule has 0 nitrogen and oxygen atoms in total. The van der Waals surface area contributed by atoms with E-state index < -0.39 is 0 Å². The molecule has 0 bridgehead atoms. The van der Waals surface area contributed by atoms with Crippen LogP contribution in [0.3, 0.4) is 0 Å². The maximum atomic E-state index is 3.87. The van der Waals surface area contributed by atoms with Gasteiger partial charge in [0.15, 0.2) is 0 Å². The Morgan fingerprint density at radius 3 is 2.46 bits per heavy atom. The van der Waals surface area contributed by atoms with E-state index in [1.165, 1.54) is 24.8 Å². The first kappa shape index (κ1) is 9.72. The number of halogens is 2. The second-order valence-electron chi connectivity index (χ2n) is 3.59. The maximum absolute atomic E-state index is 3.87. The molecular formula is C11H12Br2. The first-order valence-corrected chi connectivity index (χ1v) is 6.33. The van der Waals surface area contributed by atoms with Gasteiger partial charge in [0.2, 0.25) is 0 Å². The number of benzene rings is 1. The van der Waals surface area contributed by atoms with Crippen LogP contribution in [0.1, 0.15) is 24.8 Å². The minimum absolute atomic E-state index is 0.175. The molecule has 2 unspecified atom stereocenters. The molecule has 13 heavy (non-hydrogen) atoms. The highest BCUT2D eigenvalue weighted by Crippen LogP contribution is 2.49. The van der Waals surface area contributed by atoms with Gasteiger partial charge in [0.05, 0.1) is 4.32 Å². The summed E-state index contributed by atoms with van der Waals surface area (Å²) in [6.07, 6.45) is 3.79. The molecule has 0 aliphatic heterocycles. The van der Waals surface area contributed by atoms with Gasteiger partial charge in [-0.2, -0.15) is 0 Å². The zero-order valence-electron chi connectivity index (χ0n) is 7.34. The zero-order valence-corrected chi connectivity index (χ0v) is 10.5. The molecule has 2 heteroatoms. The lowest BCUT2D eigenvalue weighted by Gasteiger charge is -2.26. The summed E-state index contributed by atoms with van der Waals surface area (Å²) in [4.78, 5) is 0.572. The van der Waals surface area contributed by atoms with E-state index in [1.54, 1.807) is 0 Å². The molecule has 2 rings (SSSR count). The van der Waals surface area contributed by atoms with Gasteiger partial charge in [-0.1, -0.05) is 68.6 Å². The van der Waals surface area contributed by atoms with Crippen molar-refractivity contribution in [3.63, 3.8) is 0 Å². The van der Waals surface area contributed by atoms with Crippen molar-refractivity contribution >= 4 is 31.9 Å². The average Bonchev–Trinajstić information content (AvgIpc) is 2.50. The largest absolute Gasteiger partial charge is 0.0872 e. The standard InChI is InChI=1S/C11H12Br2/c12-10-7-4-8-11(10,13)9-5-2-1-3-6-9/h1-3,5-6,10H,4,7-8H2. The van der Waals surface area contributed by atoms with Crippen molar-refractivity contribution in [2.24, 2.45) is 0 Å². The van der Waals surface area contributed by atoms with Gasteiger partial charge in [-0.25, -0.2) is 0 Å². The van der Waals surface area contributed by atoms with Gasteiger partial charge in [0, 0.05) is 4.83 Å². The van der Waals surface area contributed by atoms with E-state index in [9.17, 15) is 0 Å². The van der Waals surface area contributed by atoms with Crippen LogP contribution >= 0.6 is 31.9 Å². The molecular weight excluding hydrogens is 292 g/mol. The summed E-state index contributed by atoms with van der Waals surface area (Å²) >= 11 is 7.62. The number of rotatable bonds is 1. The molecule has 1 aliphatic carbocycles. The summed E-state index contributed by atoms with van der Waals surface area (Å²) in [6.45, 7) is 0. The zero-order chi connectivity index (χ0) is 9.31. The number of hydrogen-bond donors (Lipinski definition) is 0. The van der Waals surface area contributed by atoms with Gasteiger partial charge in [-0.05, 0) is 18.4 Å². The van der Waals surface area contributed by atoms with Crippen LogP contribution in [0, 0.1) is 0 Å². The maximum Gasteiger partial charge on any atom is 0.0630 e. The van der Waals surface area contributed by atoms with E-state index in [4.69, 9.17) is 0 Å². The highest BCUT2D eigenvalue weighted by atomic mass is 79.9. The third kappa shape index (κ3) is 1.71. The summed E-state index contributed by atoms with van der Waals surface area (Å²) < 4.78 is 0.175. The Morgan fingerprint density at radius 2 is 1.92 bits per heavy atom. The summed E-state index contributed by atoms with van der Waals surface area (Å²) in [7, 11) is 0. The lowest BCUT2D eigenvalue weighted by atomic mass is 9.97. The molecule has 1 saturated carbocycles. The van der Waals surface area contributed by atoms with Crippen LogP contribution in [0.5, 0.6) is 0 Å². The van der Waals surface area contributed by atoms with Crippen LogP contribution < -0.4 is 0 Å². The molecule has 0 N–H and O–H groups in total. The van der Waals surface area contributed by atoms with Crippen molar-refractivity contribution in [1.82, 2.24) is 0 Å². The lowest BCUT2D eigenvalue weighted by molar-refractivity contribution is 0.688. The highest BCUT2D eigenvalue weighted by molar-refractivity contribution is 9.12. The van der Waals surface area contributed by atoms with Crippen LogP contribution in [-0.2, 0) is 4.32 Å². The van der Waals surface area contributed by atoms with Crippen LogP contribution in [-0.4, -0.2) is 4.83 Å². The predicted octanol–water partition coefficient (Wildman–Crippen LogP) is 4.22. The molecule has 0 aromatic heterocycles. The van der Waals surface area contributed by atoms with Gasteiger partial charge in [-0.3, -0.25) is 0 Å². The topological polar surface area (TPSA) is 0 Å². The second kappa shape index (κ2) is 3.74. The lowest BCUT2D eigenvalue weighted by Crippen LogP contribution is -2.22. The molecule has 2 atom stereocenters. The molecule has 1 aromatic rings. The monoisotopic (exact) mass is 302 g/mol. The van der Waals surface area contributed by atoms with Gasteiger partial charge < -0.3 is 0 Å². The summed E-state index contributed by atoms with van der Waals surface area (Å²) in [5.41, 5.74) is 1.40. The molecule has 1 aliphatic rings. The Kier molecular flexibility index (Phi) is 2.80. The number of hydrogen-bond acceptors (Lipinski definition) is 0. The van der Waals surface area contributed by atoms with Crippen molar-refractivity contribution in [3.8, 4) is 0 Å². The van der Waals surface area contributed by atoms with Gasteiger partial charge in [0.1, 0.15) is 0 Å². The molecule has 1 aromatic carbocycles. The van der Waals surface area contributed by atoms with Crippen molar-refractivity contribution in [2.45, 2.75) is 28.4 Å². The fourth-order valence-corrected chi connectivity index (χ4v) is 3.55. The predicted molar refractivity (Wildman–Crippen MR) is 63.6 cm³/mol. The molecule has 1 fully saturated rings. The van der Waals surface area contributed by atoms with Crippen molar-refractivity contribution in [2.75, 3.05) is 0 Å². The molecule has 0 spiro atoms. The first-order valence-electron chi connectivity index (χ1n) is 4.62. The molecule has 70 valence electrons. The van der Waals surface area contributed by atoms with E-state index in [2.05, 4.69) is 62.2 Å². The van der Waals surface area contributed by atoms with E-state index in [0.717, 1.165) is 0 Å². The van der Waals surface area contributed by atoms with Crippen molar-refractivity contribution in [3.05, 3.63) is 35.9 Å². The molecule has 0 amide bonds. The summed E-state index contributed by atoms with van der Waals surface area (Å²) in [5.74, 6) is 0. The van der Waals surface area contributed by atoms with Crippen LogP contribution in [0.15, 0.2) is 30.3 Å². The average molecular weight is 304 g/mol. The third-order valence-corrected chi connectivity index (χ3v) is 6.01. The van der Waals surface area contributed by atoms with E-state index in [0.29, 0.717) is 4.83 Å². The van der Waals surface area contributed by atoms with E-state index in [1.807, 2.05) is 0 Å². The van der Waals surface area contributed by atoms with Gasteiger partial charge >= 0.3 is 0 Å². The van der Waals surface area contributed by atoms with Crippen LogP contribution in [0.2, 0.25) is 0 Å². The smallest absolute Gasteiger partial charge is 0.0630 e. The highest BCUT2D eigenvalue weighted by Gasteiger charge is 2.40. The van der Waals surface area contributed by atoms with Gasteiger partial charge in [0.25, 0.3) is 0 Å². The normalized spacial score (nSPS) is 33.5. The Labute approximate surface area is 96.0 Å². The van der Waals surface area contributed by atoms with Gasteiger partial charge in [-0.15, -0.1) is 0 Å². The Balaban J connectivity index is 2.34. The minimum Gasteiger partial charge on any atom is -0.0872 e. The Bertz CT molecular complexity index is 283. The first-order chi connectivity index (χ1) is 6.23. The Hall–Kier alpha value is 0.180. The van der Waals surface area contributed by atoms with Crippen molar-refractivity contribution in [1.29, 1.82) is 0 Å². The van der Waals surface area contributed by atoms with Crippen LogP contribution in [0.25, 0.3) is 0 Å². The van der Waals surface area contributed by atoms with Crippen LogP contribution in [0.4, 0.5) is 0 Å². The summed E-state index contributed by atoms with van der Waals surface area (Å²) in [5, 5.41) is 0. The fourth-order valence-electron chi connectivity index (χ4n) is 1.96.